The Morgan fingerprint density at radius 1 is 1.34 bits per heavy atom. The van der Waals surface area contributed by atoms with Crippen molar-refractivity contribution in [2.24, 2.45) is 5.11 Å². The van der Waals surface area contributed by atoms with Crippen molar-refractivity contribution >= 4 is 5.69 Å². The average molecular weight is 411 g/mol. The van der Waals surface area contributed by atoms with E-state index >= 15 is 0 Å². The Kier molecular flexibility index (Phi) is 7.48. The van der Waals surface area contributed by atoms with E-state index in [2.05, 4.69) is 25.1 Å². The number of benzene rings is 1. The molecule has 0 aliphatic carbocycles. The molecule has 0 amide bonds. The fourth-order valence-electron chi connectivity index (χ4n) is 2.04. The van der Waals surface area contributed by atoms with Crippen molar-refractivity contribution in [1.29, 1.82) is 5.53 Å². The van der Waals surface area contributed by atoms with Gasteiger partial charge in [-0.2, -0.15) is 18.9 Å². The molecule has 8 nitrogen and oxygen atoms in total. The standard InChI is InChI=1S/C18H20F3N5O3/c1-18(2,27-3)15-6-7-23-17(25-15)28-10-12(26-22)9-24-11-4-5-13(19)14(8-11)29-16(20)21/h4-9,16,22,24H,10H2,1-3H3/b12-9-,26-22?. The number of alkyl halides is 2. The van der Waals surface area contributed by atoms with E-state index in [0.29, 0.717) is 5.69 Å². The number of ether oxygens (including phenoxy) is 3. The SMILES string of the molecule is COC(C)(C)c1ccnc(OC/C(=C/Nc2ccc(F)c(OC(F)F)c2)N=N)n1. The Morgan fingerprint density at radius 2 is 2.10 bits per heavy atom. The molecule has 0 saturated heterocycles. The second-order valence-corrected chi connectivity index (χ2v) is 6.14. The van der Waals surface area contributed by atoms with Crippen LogP contribution < -0.4 is 14.8 Å². The number of hydrogen-bond acceptors (Lipinski definition) is 8. The molecule has 1 aromatic heterocycles. The van der Waals surface area contributed by atoms with Gasteiger partial charge in [0.15, 0.2) is 11.6 Å². The molecule has 0 radical (unpaired) electrons. The summed E-state index contributed by atoms with van der Waals surface area (Å²) in [6.07, 6.45) is 2.82. The number of nitrogens with one attached hydrogen (secondary N) is 2. The summed E-state index contributed by atoms with van der Waals surface area (Å²) in [6, 6.07) is 5.10. The minimum atomic E-state index is -3.15. The molecule has 2 rings (SSSR count). The topological polar surface area (TPSA) is 102 Å². The molecule has 0 bridgehead atoms. The number of halogens is 3. The number of anilines is 1. The summed E-state index contributed by atoms with van der Waals surface area (Å²) in [6.45, 7) is 0.376. The normalized spacial score (nSPS) is 12.0. The van der Waals surface area contributed by atoms with E-state index in [1.165, 1.54) is 18.5 Å². The second-order valence-electron chi connectivity index (χ2n) is 6.14. The predicted octanol–water partition coefficient (Wildman–Crippen LogP) is 4.46. The quantitative estimate of drug-likeness (QED) is 0.560. The lowest BCUT2D eigenvalue weighted by Gasteiger charge is -2.22. The minimum absolute atomic E-state index is 0.0663. The van der Waals surface area contributed by atoms with Crippen molar-refractivity contribution in [1.82, 2.24) is 9.97 Å². The van der Waals surface area contributed by atoms with Crippen LogP contribution in [0.4, 0.5) is 18.9 Å². The maximum atomic E-state index is 13.5. The number of methoxy groups -OCH3 is 1. The highest BCUT2D eigenvalue weighted by atomic mass is 19.3. The van der Waals surface area contributed by atoms with Gasteiger partial charge in [0.2, 0.25) is 0 Å². The van der Waals surface area contributed by atoms with E-state index in [9.17, 15) is 13.2 Å². The Bertz CT molecular complexity index is 878. The summed E-state index contributed by atoms with van der Waals surface area (Å²) in [5.41, 5.74) is 7.59. The predicted molar refractivity (Wildman–Crippen MR) is 97.4 cm³/mol. The van der Waals surface area contributed by atoms with Crippen molar-refractivity contribution in [2.75, 3.05) is 19.0 Å². The fourth-order valence-corrected chi connectivity index (χ4v) is 2.04. The maximum absolute atomic E-state index is 13.5. The lowest BCUT2D eigenvalue weighted by Crippen LogP contribution is -2.21. The Balaban J connectivity index is 2.05. The monoisotopic (exact) mass is 411 g/mol. The van der Waals surface area contributed by atoms with Crippen LogP contribution in [0.5, 0.6) is 11.8 Å². The number of rotatable bonds is 10. The zero-order valence-corrected chi connectivity index (χ0v) is 15.9. The minimum Gasteiger partial charge on any atom is -0.457 e. The van der Waals surface area contributed by atoms with Crippen molar-refractivity contribution in [3.8, 4) is 11.8 Å². The zero-order chi connectivity index (χ0) is 21.4. The molecule has 2 aromatic rings. The molecule has 0 unspecified atom stereocenters. The summed E-state index contributed by atoms with van der Waals surface area (Å²) in [7, 11) is 1.56. The maximum Gasteiger partial charge on any atom is 0.387 e. The van der Waals surface area contributed by atoms with Gasteiger partial charge in [0.25, 0.3) is 0 Å². The van der Waals surface area contributed by atoms with Crippen molar-refractivity contribution in [3.63, 3.8) is 0 Å². The first-order valence-corrected chi connectivity index (χ1v) is 8.34. The summed E-state index contributed by atoms with van der Waals surface area (Å²) >= 11 is 0. The van der Waals surface area contributed by atoms with Gasteiger partial charge in [-0.05, 0) is 32.0 Å². The molecular formula is C18H20F3N5O3. The Hall–Kier alpha value is -3.21. The third-order valence-corrected chi connectivity index (χ3v) is 3.81. The number of nitrogens with zero attached hydrogens (tertiary/aromatic N) is 3. The van der Waals surface area contributed by atoms with Crippen molar-refractivity contribution in [2.45, 2.75) is 26.1 Å². The highest BCUT2D eigenvalue weighted by Crippen LogP contribution is 2.24. The van der Waals surface area contributed by atoms with Crippen molar-refractivity contribution in [3.05, 3.63) is 53.9 Å². The van der Waals surface area contributed by atoms with Gasteiger partial charge in [-0.3, -0.25) is 0 Å². The molecule has 0 aliphatic heterocycles. The molecule has 0 aliphatic rings. The molecular weight excluding hydrogens is 391 g/mol. The fraction of sp³-hybridized carbons (Fsp3) is 0.333. The summed E-state index contributed by atoms with van der Waals surface area (Å²) < 4.78 is 52.9. The lowest BCUT2D eigenvalue weighted by atomic mass is 10.1. The van der Waals surface area contributed by atoms with E-state index in [-0.39, 0.29) is 24.0 Å². The van der Waals surface area contributed by atoms with Crippen LogP contribution in [0.1, 0.15) is 19.5 Å². The van der Waals surface area contributed by atoms with Gasteiger partial charge in [-0.15, -0.1) is 0 Å². The third kappa shape index (κ3) is 6.42. The van der Waals surface area contributed by atoms with Gasteiger partial charge in [-0.25, -0.2) is 14.9 Å². The first kappa shape index (κ1) is 22.1. The first-order valence-electron chi connectivity index (χ1n) is 8.34. The molecule has 0 spiro atoms. The van der Waals surface area contributed by atoms with Crippen LogP contribution in [0, 0.1) is 11.3 Å². The summed E-state index contributed by atoms with van der Waals surface area (Å²) in [5.74, 6) is -1.53. The Labute approximate surface area is 165 Å². The van der Waals surface area contributed by atoms with Crippen LogP contribution in [0.15, 0.2) is 47.5 Å². The molecule has 156 valence electrons. The van der Waals surface area contributed by atoms with E-state index in [0.717, 1.165) is 12.1 Å². The molecule has 0 fully saturated rings. The average Bonchev–Trinajstić information content (AvgIpc) is 2.70. The van der Waals surface area contributed by atoms with E-state index in [4.69, 9.17) is 15.0 Å². The second kappa shape index (κ2) is 9.82. The van der Waals surface area contributed by atoms with Crippen LogP contribution in [-0.2, 0) is 10.3 Å². The molecule has 11 heteroatoms. The Morgan fingerprint density at radius 3 is 2.76 bits per heavy atom. The first-order chi connectivity index (χ1) is 13.7. The van der Waals surface area contributed by atoms with Crippen LogP contribution in [0.3, 0.4) is 0 Å². The van der Waals surface area contributed by atoms with Crippen LogP contribution in [-0.4, -0.2) is 30.3 Å². The molecule has 0 atom stereocenters. The van der Waals surface area contributed by atoms with E-state index < -0.39 is 23.8 Å². The largest absolute Gasteiger partial charge is 0.457 e. The zero-order valence-electron chi connectivity index (χ0n) is 15.9. The van der Waals surface area contributed by atoms with Gasteiger partial charge in [0.05, 0.1) is 5.69 Å². The molecule has 29 heavy (non-hydrogen) atoms. The lowest BCUT2D eigenvalue weighted by molar-refractivity contribution is -0.0521. The molecule has 0 saturated carbocycles. The van der Waals surface area contributed by atoms with Crippen LogP contribution in [0.2, 0.25) is 0 Å². The van der Waals surface area contributed by atoms with Gasteiger partial charge in [0, 0.05) is 31.3 Å². The highest BCUT2D eigenvalue weighted by Gasteiger charge is 2.22. The molecule has 1 aromatic carbocycles. The van der Waals surface area contributed by atoms with Gasteiger partial charge in [0.1, 0.15) is 17.9 Å². The van der Waals surface area contributed by atoms with Crippen LogP contribution in [0.25, 0.3) is 0 Å². The van der Waals surface area contributed by atoms with E-state index in [1.54, 1.807) is 13.2 Å². The van der Waals surface area contributed by atoms with Gasteiger partial charge < -0.3 is 19.5 Å². The molecule has 2 N–H and O–H groups in total. The smallest absolute Gasteiger partial charge is 0.387 e. The number of hydrogen-bond donors (Lipinski definition) is 2. The third-order valence-electron chi connectivity index (χ3n) is 3.81. The highest BCUT2D eigenvalue weighted by molar-refractivity contribution is 5.51. The summed E-state index contributed by atoms with van der Waals surface area (Å²) in [5, 5.41) is 6.02. The van der Waals surface area contributed by atoms with Gasteiger partial charge >= 0.3 is 12.6 Å². The molecule has 1 heterocycles. The van der Waals surface area contributed by atoms with Crippen LogP contribution >= 0.6 is 0 Å². The summed E-state index contributed by atoms with van der Waals surface area (Å²) in [4.78, 5) is 8.24. The van der Waals surface area contributed by atoms with Crippen molar-refractivity contribution < 1.29 is 27.4 Å². The number of aromatic nitrogens is 2. The van der Waals surface area contributed by atoms with E-state index in [1.807, 2.05) is 13.8 Å². The van der Waals surface area contributed by atoms with Gasteiger partial charge in [-0.1, -0.05) is 0 Å².